The molecule has 32 heavy (non-hydrogen) atoms. The summed E-state index contributed by atoms with van der Waals surface area (Å²) in [6.45, 7) is 8.74. The molecular weight excluding hydrogens is 423 g/mol. The maximum Gasteiger partial charge on any atom is 0.131 e. The number of hydrogen-bond donors (Lipinski definition) is 1. The zero-order chi connectivity index (χ0) is 22.5. The highest BCUT2D eigenvalue weighted by atomic mass is 32.1. The predicted octanol–water partition coefficient (Wildman–Crippen LogP) is 4.64. The van der Waals surface area contributed by atoms with E-state index in [2.05, 4.69) is 45.4 Å². The minimum atomic E-state index is -0.322. The second-order valence-corrected chi connectivity index (χ2v) is 8.07. The van der Waals surface area contributed by atoms with Gasteiger partial charge in [0.2, 0.25) is 0 Å². The van der Waals surface area contributed by atoms with E-state index < -0.39 is 0 Å². The van der Waals surface area contributed by atoms with Crippen LogP contribution in [-0.2, 0) is 11.2 Å². The highest BCUT2D eigenvalue weighted by Crippen LogP contribution is 2.31. The van der Waals surface area contributed by atoms with E-state index in [1.165, 1.54) is 12.3 Å². The minimum absolute atomic E-state index is 0.322. The van der Waals surface area contributed by atoms with Crippen LogP contribution >= 0.6 is 12.6 Å². The van der Waals surface area contributed by atoms with E-state index in [9.17, 15) is 0 Å². The standard InChI is InChI=1S/C25H25FN4OS/c1-3-27-24-15-20(30-9-11-31-12-10-30)6-7-21(24)17(2)22-14-18(25(32)16-23(22)26)13-19-5-4-8-28-29-19/h3-8,14-16,32H,1,9-13H2,2H3/b21-17+,27-24-. The number of morpholine rings is 1. The van der Waals surface area contributed by atoms with E-state index in [1.807, 2.05) is 37.3 Å². The first-order valence-corrected chi connectivity index (χ1v) is 10.9. The molecule has 4 rings (SSSR count). The second-order valence-electron chi connectivity index (χ2n) is 7.59. The molecule has 0 atom stereocenters. The molecule has 1 aliphatic heterocycles. The summed E-state index contributed by atoms with van der Waals surface area (Å²) in [4.78, 5) is 7.33. The van der Waals surface area contributed by atoms with Crippen molar-refractivity contribution in [2.75, 3.05) is 26.3 Å². The first-order valence-electron chi connectivity index (χ1n) is 10.5. The number of thiol groups is 1. The number of allylic oxidation sites excluding steroid dienone is 5. The lowest BCUT2D eigenvalue weighted by Crippen LogP contribution is -2.35. The van der Waals surface area contributed by atoms with Gasteiger partial charge in [0.25, 0.3) is 0 Å². The molecule has 0 unspecified atom stereocenters. The van der Waals surface area contributed by atoms with Crippen LogP contribution < -0.4 is 0 Å². The van der Waals surface area contributed by atoms with Gasteiger partial charge >= 0.3 is 0 Å². The fraction of sp³-hybridized carbons (Fsp3) is 0.240. The van der Waals surface area contributed by atoms with Gasteiger partial charge in [0, 0.05) is 53.6 Å². The smallest absolute Gasteiger partial charge is 0.131 e. The Labute approximate surface area is 193 Å². The van der Waals surface area contributed by atoms with Crippen LogP contribution in [0.3, 0.4) is 0 Å². The third kappa shape index (κ3) is 4.89. The van der Waals surface area contributed by atoms with Gasteiger partial charge < -0.3 is 9.64 Å². The van der Waals surface area contributed by atoms with Crippen molar-refractivity contribution in [2.24, 2.45) is 4.99 Å². The zero-order valence-corrected chi connectivity index (χ0v) is 18.9. The highest BCUT2D eigenvalue weighted by Gasteiger charge is 2.20. The normalized spacial score (nSPS) is 19.2. The Hall–Kier alpha value is -3.03. The topological polar surface area (TPSA) is 50.6 Å². The van der Waals surface area contributed by atoms with Crippen LogP contribution in [0.15, 0.2) is 82.6 Å². The SMILES string of the molecule is C=C/N=C1/C=C(N2CCOCC2)C=C/C1=C(/C)c1cc(Cc2cccnn2)c(S)cc1F. The molecule has 5 nitrogen and oxygen atoms in total. The quantitative estimate of drug-likeness (QED) is 0.677. The summed E-state index contributed by atoms with van der Waals surface area (Å²) < 4.78 is 20.5. The number of aliphatic imine (C=N–C) groups is 1. The number of nitrogens with zero attached hydrogens (tertiary/aromatic N) is 4. The van der Waals surface area contributed by atoms with Gasteiger partial charge in [0.05, 0.1) is 24.6 Å². The number of benzene rings is 1. The molecule has 1 aromatic heterocycles. The number of rotatable bonds is 5. The molecular formula is C25H25FN4OS. The van der Waals surface area contributed by atoms with Crippen LogP contribution in [0.4, 0.5) is 4.39 Å². The van der Waals surface area contributed by atoms with Crippen LogP contribution in [0.2, 0.25) is 0 Å². The molecule has 0 radical (unpaired) electrons. The van der Waals surface area contributed by atoms with Crippen LogP contribution in [0.1, 0.15) is 23.7 Å². The number of aromatic nitrogens is 2. The summed E-state index contributed by atoms with van der Waals surface area (Å²) in [5.74, 6) is -0.322. The molecule has 1 fully saturated rings. The van der Waals surface area contributed by atoms with Crippen molar-refractivity contribution in [2.45, 2.75) is 18.2 Å². The van der Waals surface area contributed by atoms with E-state index in [1.54, 1.807) is 6.20 Å². The molecule has 2 aliphatic rings. The first-order chi connectivity index (χ1) is 15.6. The molecule has 0 amide bonds. The lowest BCUT2D eigenvalue weighted by atomic mass is 9.92. The van der Waals surface area contributed by atoms with Crippen molar-refractivity contribution >= 4 is 23.9 Å². The first kappa shape index (κ1) is 22.2. The van der Waals surface area contributed by atoms with Crippen molar-refractivity contribution in [3.8, 4) is 0 Å². The van der Waals surface area contributed by atoms with E-state index in [4.69, 9.17) is 4.74 Å². The zero-order valence-electron chi connectivity index (χ0n) is 18.0. The van der Waals surface area contributed by atoms with Gasteiger partial charge in [-0.25, -0.2) is 4.39 Å². The van der Waals surface area contributed by atoms with Crippen molar-refractivity contribution in [3.63, 3.8) is 0 Å². The summed E-state index contributed by atoms with van der Waals surface area (Å²) in [6.07, 6.45) is 9.74. The third-order valence-corrected chi connectivity index (χ3v) is 5.98. The monoisotopic (exact) mass is 448 g/mol. The lowest BCUT2D eigenvalue weighted by molar-refractivity contribution is 0.0554. The number of hydrogen-bond acceptors (Lipinski definition) is 6. The van der Waals surface area contributed by atoms with Crippen LogP contribution in [0.25, 0.3) is 5.57 Å². The van der Waals surface area contributed by atoms with E-state index in [0.29, 0.717) is 30.1 Å². The van der Waals surface area contributed by atoms with Gasteiger partial charge in [0.1, 0.15) is 5.82 Å². The molecule has 0 bridgehead atoms. The molecule has 7 heteroatoms. The van der Waals surface area contributed by atoms with Gasteiger partial charge in [-0.2, -0.15) is 10.2 Å². The van der Waals surface area contributed by atoms with Gasteiger partial charge in [-0.05, 0) is 54.5 Å². The Balaban J connectivity index is 1.71. The van der Waals surface area contributed by atoms with E-state index in [-0.39, 0.29) is 5.82 Å². The predicted molar refractivity (Wildman–Crippen MR) is 128 cm³/mol. The van der Waals surface area contributed by atoms with E-state index >= 15 is 4.39 Å². The molecule has 1 aromatic carbocycles. The Bertz CT molecular complexity index is 1130. The van der Waals surface area contributed by atoms with Crippen LogP contribution in [0, 0.1) is 5.82 Å². The maximum absolute atomic E-state index is 15.0. The fourth-order valence-corrected chi connectivity index (χ4v) is 4.12. The van der Waals surface area contributed by atoms with Crippen molar-refractivity contribution < 1.29 is 9.13 Å². The molecule has 2 aromatic rings. The van der Waals surface area contributed by atoms with Crippen LogP contribution in [0.5, 0.6) is 0 Å². The van der Waals surface area contributed by atoms with Gasteiger partial charge in [-0.1, -0.05) is 12.7 Å². The second kappa shape index (κ2) is 10.1. The van der Waals surface area contributed by atoms with Gasteiger partial charge in [-0.3, -0.25) is 4.99 Å². The average molecular weight is 449 g/mol. The molecule has 1 aliphatic carbocycles. The largest absolute Gasteiger partial charge is 0.378 e. The number of halogens is 1. The molecule has 164 valence electrons. The van der Waals surface area contributed by atoms with Crippen LogP contribution in [-0.4, -0.2) is 47.1 Å². The minimum Gasteiger partial charge on any atom is -0.378 e. The number of ether oxygens (including phenoxy) is 1. The Morgan fingerprint density at radius 3 is 2.84 bits per heavy atom. The summed E-state index contributed by atoms with van der Waals surface area (Å²) in [6, 6.07) is 7.03. The average Bonchev–Trinajstić information content (AvgIpc) is 2.82. The summed E-state index contributed by atoms with van der Waals surface area (Å²) >= 11 is 4.48. The summed E-state index contributed by atoms with van der Waals surface area (Å²) in [5.41, 5.74) is 5.68. The third-order valence-electron chi connectivity index (χ3n) is 5.56. The molecule has 0 spiro atoms. The Morgan fingerprint density at radius 2 is 2.12 bits per heavy atom. The fourth-order valence-electron chi connectivity index (χ4n) is 3.87. The van der Waals surface area contributed by atoms with Crippen molar-refractivity contribution in [1.82, 2.24) is 15.1 Å². The Kier molecular flexibility index (Phi) is 6.97. The summed E-state index contributed by atoms with van der Waals surface area (Å²) in [5, 5.41) is 8.06. The van der Waals surface area contributed by atoms with E-state index in [0.717, 1.165) is 46.9 Å². The molecule has 0 N–H and O–H groups in total. The molecule has 2 heterocycles. The molecule has 1 saturated heterocycles. The highest BCUT2D eigenvalue weighted by molar-refractivity contribution is 7.80. The van der Waals surface area contributed by atoms with Crippen molar-refractivity contribution in [1.29, 1.82) is 0 Å². The van der Waals surface area contributed by atoms with Gasteiger partial charge in [-0.15, -0.1) is 12.6 Å². The maximum atomic E-state index is 15.0. The molecule has 0 saturated carbocycles. The van der Waals surface area contributed by atoms with Gasteiger partial charge in [0.15, 0.2) is 0 Å². The Morgan fingerprint density at radius 1 is 1.31 bits per heavy atom. The van der Waals surface area contributed by atoms with Crippen molar-refractivity contribution in [3.05, 3.63) is 95.4 Å². The lowest BCUT2D eigenvalue weighted by Gasteiger charge is -2.31. The summed E-state index contributed by atoms with van der Waals surface area (Å²) in [7, 11) is 0.